The van der Waals surface area contributed by atoms with Gasteiger partial charge in [0.15, 0.2) is 9.84 Å². The van der Waals surface area contributed by atoms with E-state index in [2.05, 4.69) is 5.32 Å². The van der Waals surface area contributed by atoms with Crippen molar-refractivity contribution in [2.24, 2.45) is 0 Å². The number of carbonyl (C=O) groups excluding carboxylic acids is 2. The van der Waals surface area contributed by atoms with E-state index in [1.807, 2.05) is 5.40 Å². The number of benzene rings is 1. The molecule has 0 bridgehead atoms. The van der Waals surface area contributed by atoms with Crippen molar-refractivity contribution in [2.45, 2.75) is 36.5 Å². The number of rotatable bonds is 10. The normalized spacial score (nSPS) is 10.9. The molecule has 1 aromatic heterocycles. The molecule has 2 rings (SSSR count). The van der Waals surface area contributed by atoms with E-state index in [9.17, 15) is 18.0 Å². The van der Waals surface area contributed by atoms with Crippen LogP contribution < -0.4 is 10.1 Å². The fraction of sp³-hybridized carbons (Fsp3) is 0.350. The van der Waals surface area contributed by atoms with E-state index >= 15 is 0 Å². The van der Waals surface area contributed by atoms with Gasteiger partial charge >= 0.3 is 5.97 Å². The number of nitrogens with zero attached hydrogens (tertiary/aromatic N) is 1. The van der Waals surface area contributed by atoms with E-state index in [1.165, 1.54) is 19.2 Å². The Morgan fingerprint density at radius 2 is 1.94 bits per heavy atom. The molecule has 0 unspecified atom stereocenters. The number of carbonyl (C=O) groups is 2. The van der Waals surface area contributed by atoms with Gasteiger partial charge in [0.05, 0.1) is 29.3 Å². The van der Waals surface area contributed by atoms with Crippen molar-refractivity contribution in [2.75, 3.05) is 24.8 Å². The fourth-order valence-corrected chi connectivity index (χ4v) is 5.78. The summed E-state index contributed by atoms with van der Waals surface area (Å²) in [5, 5.41) is 14.0. The molecular formula is C20H22N2O6S3. The van der Waals surface area contributed by atoms with E-state index in [1.54, 1.807) is 26.0 Å². The number of thiocyanates is 1. The molecule has 8 nitrogen and oxygen atoms in total. The summed E-state index contributed by atoms with van der Waals surface area (Å²) >= 11 is 1.88. The molecule has 1 N–H and O–H groups in total. The maximum Gasteiger partial charge on any atom is 0.348 e. The second-order valence-electron chi connectivity index (χ2n) is 6.27. The van der Waals surface area contributed by atoms with Crippen LogP contribution in [0, 0.1) is 17.6 Å². The zero-order chi connectivity index (χ0) is 23.0. The topological polar surface area (TPSA) is 123 Å². The minimum atomic E-state index is -3.53. The second kappa shape index (κ2) is 11.2. The summed E-state index contributed by atoms with van der Waals surface area (Å²) < 4.78 is 34.9. The smallest absolute Gasteiger partial charge is 0.348 e. The Labute approximate surface area is 189 Å². The van der Waals surface area contributed by atoms with Gasteiger partial charge in [0.25, 0.3) is 0 Å². The number of thioether (sulfide) groups is 1. The number of anilines is 1. The van der Waals surface area contributed by atoms with Gasteiger partial charge in [-0.2, -0.15) is 5.26 Å². The average molecular weight is 483 g/mol. The van der Waals surface area contributed by atoms with E-state index in [-0.39, 0.29) is 30.1 Å². The predicted octanol–water partition coefficient (Wildman–Crippen LogP) is 4.01. The molecule has 0 saturated carbocycles. The Morgan fingerprint density at radius 3 is 2.52 bits per heavy atom. The van der Waals surface area contributed by atoms with Crippen LogP contribution in [0.4, 0.5) is 5.00 Å². The number of methoxy groups -OCH3 is 1. The standard InChI is InChI=1S/C20H22N2O6S3/c1-4-28-20(24)18-13(2)17(29-12-21)19(30-18)22-16(23)6-5-11-31(25,26)15-9-7-14(27-3)8-10-15/h7-10H,4-6,11H2,1-3H3,(H,22,23). The molecule has 11 heteroatoms. The Hall–Kier alpha value is -2.55. The lowest BCUT2D eigenvalue weighted by Crippen LogP contribution is -2.14. The highest BCUT2D eigenvalue weighted by atomic mass is 32.2. The van der Waals surface area contributed by atoms with Gasteiger partial charge in [0.1, 0.15) is 21.0 Å². The lowest BCUT2D eigenvalue weighted by Gasteiger charge is -2.07. The first-order valence-corrected chi connectivity index (χ1v) is 12.5. The van der Waals surface area contributed by atoms with Gasteiger partial charge in [-0.1, -0.05) is 0 Å². The van der Waals surface area contributed by atoms with Crippen molar-refractivity contribution < 1.29 is 27.5 Å². The number of ether oxygens (including phenoxy) is 2. The van der Waals surface area contributed by atoms with Crippen LogP contribution in [-0.4, -0.2) is 39.8 Å². The third-order valence-electron chi connectivity index (χ3n) is 4.19. The molecule has 0 aliphatic heterocycles. The molecular weight excluding hydrogens is 460 g/mol. The number of nitrogens with one attached hydrogen (secondary N) is 1. The van der Waals surface area contributed by atoms with Crippen LogP contribution in [0.25, 0.3) is 0 Å². The van der Waals surface area contributed by atoms with Crippen molar-refractivity contribution in [1.82, 2.24) is 0 Å². The molecule has 0 saturated heterocycles. The molecule has 0 aliphatic rings. The van der Waals surface area contributed by atoms with Crippen LogP contribution in [0.15, 0.2) is 34.1 Å². The number of sulfone groups is 1. The van der Waals surface area contributed by atoms with Crippen molar-refractivity contribution in [1.29, 1.82) is 5.26 Å². The minimum absolute atomic E-state index is 0.0300. The van der Waals surface area contributed by atoms with Gasteiger partial charge in [-0.25, -0.2) is 13.2 Å². The number of hydrogen-bond donors (Lipinski definition) is 1. The van der Waals surface area contributed by atoms with Crippen molar-refractivity contribution in [3.05, 3.63) is 34.7 Å². The molecule has 166 valence electrons. The number of esters is 1. The highest BCUT2D eigenvalue weighted by Gasteiger charge is 2.23. The molecule has 1 aromatic carbocycles. The third-order valence-corrected chi connectivity index (χ3v) is 8.13. The number of thiophene rings is 1. The van der Waals surface area contributed by atoms with Crippen LogP contribution in [0.5, 0.6) is 5.75 Å². The molecule has 1 amide bonds. The first kappa shape index (κ1) is 24.7. The molecule has 0 aliphatic carbocycles. The monoisotopic (exact) mass is 482 g/mol. The van der Waals surface area contributed by atoms with Crippen molar-refractivity contribution in [3.8, 4) is 11.2 Å². The van der Waals surface area contributed by atoms with Gasteiger partial charge in [-0.15, -0.1) is 11.3 Å². The summed E-state index contributed by atoms with van der Waals surface area (Å²) in [4.78, 5) is 25.4. The summed E-state index contributed by atoms with van der Waals surface area (Å²) in [7, 11) is -2.04. The third kappa shape index (κ3) is 6.46. The lowest BCUT2D eigenvalue weighted by atomic mass is 10.3. The largest absolute Gasteiger partial charge is 0.497 e. The van der Waals surface area contributed by atoms with Gasteiger partial charge < -0.3 is 14.8 Å². The molecule has 31 heavy (non-hydrogen) atoms. The van der Waals surface area contributed by atoms with Gasteiger partial charge in [0.2, 0.25) is 5.91 Å². The molecule has 1 heterocycles. The number of nitriles is 1. The van der Waals surface area contributed by atoms with Crippen LogP contribution >= 0.6 is 23.1 Å². The van der Waals surface area contributed by atoms with Gasteiger partial charge in [-0.05, 0) is 61.9 Å². The van der Waals surface area contributed by atoms with E-state index in [0.717, 1.165) is 23.1 Å². The quantitative estimate of drug-likeness (QED) is 0.306. The maximum atomic E-state index is 12.4. The van der Waals surface area contributed by atoms with Crippen LogP contribution in [0.2, 0.25) is 0 Å². The molecule has 0 radical (unpaired) electrons. The summed E-state index contributed by atoms with van der Waals surface area (Å²) in [5.41, 5.74) is 0.562. The molecule has 0 spiro atoms. The first-order valence-electron chi connectivity index (χ1n) is 9.26. The summed E-state index contributed by atoms with van der Waals surface area (Å²) in [5.74, 6) is -0.556. The molecule has 0 fully saturated rings. The Bertz CT molecular complexity index is 1090. The summed E-state index contributed by atoms with van der Waals surface area (Å²) in [6, 6.07) is 6.05. The van der Waals surface area contributed by atoms with Crippen LogP contribution in [-0.2, 0) is 19.4 Å². The van der Waals surface area contributed by atoms with Crippen LogP contribution in [0.1, 0.15) is 35.0 Å². The lowest BCUT2D eigenvalue weighted by molar-refractivity contribution is -0.116. The fourth-order valence-electron chi connectivity index (χ4n) is 2.65. The first-order chi connectivity index (χ1) is 14.7. The zero-order valence-electron chi connectivity index (χ0n) is 17.3. The maximum absolute atomic E-state index is 12.4. The molecule has 2 aromatic rings. The zero-order valence-corrected chi connectivity index (χ0v) is 19.7. The van der Waals surface area contributed by atoms with E-state index in [0.29, 0.717) is 26.1 Å². The van der Waals surface area contributed by atoms with Crippen molar-refractivity contribution >= 4 is 49.8 Å². The number of hydrogen-bond acceptors (Lipinski definition) is 9. The van der Waals surface area contributed by atoms with E-state index < -0.39 is 21.7 Å². The SMILES string of the molecule is CCOC(=O)c1sc(NC(=O)CCCS(=O)(=O)c2ccc(OC)cc2)c(SC#N)c1C. The highest BCUT2D eigenvalue weighted by Crippen LogP contribution is 2.40. The average Bonchev–Trinajstić information content (AvgIpc) is 3.04. The summed E-state index contributed by atoms with van der Waals surface area (Å²) in [6.45, 7) is 3.58. The van der Waals surface area contributed by atoms with Gasteiger partial charge in [0, 0.05) is 6.42 Å². The Morgan fingerprint density at radius 1 is 1.26 bits per heavy atom. The van der Waals surface area contributed by atoms with Crippen molar-refractivity contribution in [3.63, 3.8) is 0 Å². The second-order valence-corrected chi connectivity index (χ2v) is 10.2. The Kier molecular flexibility index (Phi) is 8.91. The molecule has 0 atom stereocenters. The highest BCUT2D eigenvalue weighted by molar-refractivity contribution is 8.04. The summed E-state index contributed by atoms with van der Waals surface area (Å²) in [6.07, 6.45) is 0.0910. The van der Waals surface area contributed by atoms with Crippen LogP contribution in [0.3, 0.4) is 0 Å². The van der Waals surface area contributed by atoms with E-state index in [4.69, 9.17) is 14.7 Å². The minimum Gasteiger partial charge on any atom is -0.497 e. The Balaban J connectivity index is 2.02. The predicted molar refractivity (Wildman–Crippen MR) is 119 cm³/mol. The number of amides is 1. The van der Waals surface area contributed by atoms with Gasteiger partial charge in [-0.3, -0.25) is 4.79 Å².